The van der Waals surface area contributed by atoms with E-state index in [1.165, 1.54) is 18.4 Å². The molecule has 0 heterocycles. The minimum absolute atomic E-state index is 0.0340. The van der Waals surface area contributed by atoms with Gasteiger partial charge in [0.15, 0.2) is 0 Å². The highest BCUT2D eigenvalue weighted by atomic mass is 16.2. The first kappa shape index (κ1) is 12.1. The summed E-state index contributed by atoms with van der Waals surface area (Å²) in [5, 5.41) is 3.08. The molecule has 3 N–H and O–H groups in total. The molecule has 2 rings (SSSR count). The SMILES string of the molecule is CC[C@H](N)C(=O)NC(c1ccccc1)C1CC1. The Morgan fingerprint density at radius 3 is 2.59 bits per heavy atom. The smallest absolute Gasteiger partial charge is 0.237 e. The van der Waals surface area contributed by atoms with Crippen LogP contribution in [0.2, 0.25) is 0 Å². The van der Waals surface area contributed by atoms with Crippen molar-refractivity contribution in [2.45, 2.75) is 38.3 Å². The van der Waals surface area contributed by atoms with E-state index in [9.17, 15) is 4.79 Å². The number of carbonyl (C=O) groups is 1. The van der Waals surface area contributed by atoms with Crippen molar-refractivity contribution < 1.29 is 4.79 Å². The van der Waals surface area contributed by atoms with Crippen LogP contribution in [0.3, 0.4) is 0 Å². The topological polar surface area (TPSA) is 55.1 Å². The van der Waals surface area contributed by atoms with Crippen LogP contribution in [0.4, 0.5) is 0 Å². The van der Waals surface area contributed by atoms with E-state index in [1.807, 2.05) is 25.1 Å². The van der Waals surface area contributed by atoms with Crippen LogP contribution in [0.5, 0.6) is 0 Å². The van der Waals surface area contributed by atoms with Gasteiger partial charge in [-0.3, -0.25) is 4.79 Å². The molecule has 1 aromatic carbocycles. The maximum atomic E-state index is 11.9. The van der Waals surface area contributed by atoms with Crippen molar-refractivity contribution in [3.05, 3.63) is 35.9 Å². The molecule has 1 aliphatic carbocycles. The highest BCUT2D eigenvalue weighted by molar-refractivity contribution is 5.81. The Morgan fingerprint density at radius 2 is 2.06 bits per heavy atom. The number of carbonyl (C=O) groups excluding carboxylic acids is 1. The van der Waals surface area contributed by atoms with Gasteiger partial charge in [-0.15, -0.1) is 0 Å². The van der Waals surface area contributed by atoms with Crippen molar-refractivity contribution in [1.29, 1.82) is 0 Å². The van der Waals surface area contributed by atoms with Crippen LogP contribution in [0.25, 0.3) is 0 Å². The molecular formula is C14H20N2O. The number of hydrogen-bond donors (Lipinski definition) is 2. The molecule has 3 heteroatoms. The van der Waals surface area contributed by atoms with Gasteiger partial charge in [0.1, 0.15) is 0 Å². The lowest BCUT2D eigenvalue weighted by molar-refractivity contribution is -0.123. The Bertz CT molecular complexity index is 373. The molecule has 0 radical (unpaired) electrons. The Kier molecular flexibility index (Phi) is 3.79. The fourth-order valence-electron chi connectivity index (χ4n) is 2.01. The zero-order valence-electron chi connectivity index (χ0n) is 10.2. The monoisotopic (exact) mass is 232 g/mol. The summed E-state index contributed by atoms with van der Waals surface area (Å²) in [6, 6.07) is 9.91. The Labute approximate surface area is 102 Å². The van der Waals surface area contributed by atoms with Crippen LogP contribution in [0, 0.1) is 5.92 Å². The number of nitrogens with two attached hydrogens (primary N) is 1. The lowest BCUT2D eigenvalue weighted by atomic mass is 10.0. The number of nitrogens with one attached hydrogen (secondary N) is 1. The largest absolute Gasteiger partial charge is 0.348 e. The van der Waals surface area contributed by atoms with Crippen molar-refractivity contribution in [2.75, 3.05) is 0 Å². The lowest BCUT2D eigenvalue weighted by Gasteiger charge is -2.20. The average molecular weight is 232 g/mol. The molecule has 1 unspecified atom stereocenters. The summed E-state index contributed by atoms with van der Waals surface area (Å²) < 4.78 is 0. The Balaban J connectivity index is 2.06. The second kappa shape index (κ2) is 5.32. The third-order valence-electron chi connectivity index (χ3n) is 3.33. The molecular weight excluding hydrogens is 212 g/mol. The van der Waals surface area contributed by atoms with Gasteiger partial charge >= 0.3 is 0 Å². The molecule has 0 aliphatic heterocycles. The first-order valence-electron chi connectivity index (χ1n) is 6.33. The summed E-state index contributed by atoms with van der Waals surface area (Å²) in [6.07, 6.45) is 3.07. The van der Waals surface area contributed by atoms with E-state index in [1.54, 1.807) is 0 Å². The van der Waals surface area contributed by atoms with Gasteiger partial charge in [0.25, 0.3) is 0 Å². The van der Waals surface area contributed by atoms with E-state index in [4.69, 9.17) is 5.73 Å². The summed E-state index contributed by atoms with van der Waals surface area (Å²) in [4.78, 5) is 11.9. The van der Waals surface area contributed by atoms with Crippen LogP contribution in [-0.4, -0.2) is 11.9 Å². The predicted octanol–water partition coefficient (Wildman–Crippen LogP) is 1.99. The fourth-order valence-corrected chi connectivity index (χ4v) is 2.01. The normalized spacial score (nSPS) is 18.5. The molecule has 1 aromatic rings. The van der Waals surface area contributed by atoms with Crippen molar-refractivity contribution in [2.24, 2.45) is 11.7 Å². The summed E-state index contributed by atoms with van der Waals surface area (Å²) in [5.74, 6) is 0.554. The lowest BCUT2D eigenvalue weighted by Crippen LogP contribution is -2.42. The second-order valence-corrected chi connectivity index (χ2v) is 4.75. The van der Waals surface area contributed by atoms with E-state index in [0.29, 0.717) is 12.3 Å². The molecule has 1 amide bonds. The van der Waals surface area contributed by atoms with Gasteiger partial charge in [-0.25, -0.2) is 0 Å². The van der Waals surface area contributed by atoms with E-state index in [-0.39, 0.29) is 18.0 Å². The molecule has 1 aliphatic rings. The van der Waals surface area contributed by atoms with E-state index in [0.717, 1.165) is 0 Å². The van der Waals surface area contributed by atoms with Crippen LogP contribution < -0.4 is 11.1 Å². The fraction of sp³-hybridized carbons (Fsp3) is 0.500. The van der Waals surface area contributed by atoms with Gasteiger partial charge in [0.2, 0.25) is 5.91 Å². The van der Waals surface area contributed by atoms with Gasteiger partial charge in [-0.05, 0) is 30.7 Å². The average Bonchev–Trinajstić information content (AvgIpc) is 3.20. The number of benzene rings is 1. The minimum Gasteiger partial charge on any atom is -0.348 e. The number of hydrogen-bond acceptors (Lipinski definition) is 2. The molecule has 1 fully saturated rings. The van der Waals surface area contributed by atoms with Crippen LogP contribution >= 0.6 is 0 Å². The van der Waals surface area contributed by atoms with Gasteiger partial charge in [-0.1, -0.05) is 37.3 Å². The minimum atomic E-state index is -0.389. The Hall–Kier alpha value is -1.35. The summed E-state index contributed by atoms with van der Waals surface area (Å²) in [7, 11) is 0. The predicted molar refractivity (Wildman–Crippen MR) is 68.3 cm³/mol. The third-order valence-corrected chi connectivity index (χ3v) is 3.33. The summed E-state index contributed by atoms with van der Waals surface area (Å²) in [6.45, 7) is 1.93. The van der Waals surface area contributed by atoms with Crippen molar-refractivity contribution in [3.63, 3.8) is 0 Å². The van der Waals surface area contributed by atoms with Crippen molar-refractivity contribution in [1.82, 2.24) is 5.32 Å². The molecule has 0 spiro atoms. The number of rotatable bonds is 5. The standard InChI is InChI=1S/C14H20N2O/c1-2-12(15)14(17)16-13(11-8-9-11)10-6-4-3-5-7-10/h3-7,11-13H,2,8-9,15H2,1H3,(H,16,17)/t12-,13?/m0/s1. The zero-order valence-corrected chi connectivity index (χ0v) is 10.2. The van der Waals surface area contributed by atoms with Crippen molar-refractivity contribution >= 4 is 5.91 Å². The third kappa shape index (κ3) is 3.07. The first-order chi connectivity index (χ1) is 8.22. The molecule has 1 saturated carbocycles. The molecule has 92 valence electrons. The molecule has 2 atom stereocenters. The molecule has 3 nitrogen and oxygen atoms in total. The maximum Gasteiger partial charge on any atom is 0.237 e. The van der Waals surface area contributed by atoms with E-state index in [2.05, 4.69) is 17.4 Å². The quantitative estimate of drug-likeness (QED) is 0.815. The van der Waals surface area contributed by atoms with Gasteiger partial charge < -0.3 is 11.1 Å². The summed E-state index contributed by atoms with van der Waals surface area (Å²) >= 11 is 0. The maximum absolute atomic E-state index is 11.9. The molecule has 0 aromatic heterocycles. The van der Waals surface area contributed by atoms with E-state index >= 15 is 0 Å². The molecule has 17 heavy (non-hydrogen) atoms. The molecule has 0 saturated heterocycles. The van der Waals surface area contributed by atoms with Crippen LogP contribution in [-0.2, 0) is 4.79 Å². The summed E-state index contributed by atoms with van der Waals surface area (Å²) in [5.41, 5.74) is 6.94. The van der Waals surface area contributed by atoms with Gasteiger partial charge in [0, 0.05) is 0 Å². The molecule has 0 bridgehead atoms. The highest BCUT2D eigenvalue weighted by Crippen LogP contribution is 2.40. The highest BCUT2D eigenvalue weighted by Gasteiger charge is 2.33. The van der Waals surface area contributed by atoms with E-state index < -0.39 is 0 Å². The van der Waals surface area contributed by atoms with Gasteiger partial charge in [0.05, 0.1) is 12.1 Å². The Morgan fingerprint density at radius 1 is 1.41 bits per heavy atom. The number of amides is 1. The van der Waals surface area contributed by atoms with Crippen LogP contribution in [0.1, 0.15) is 37.8 Å². The van der Waals surface area contributed by atoms with Crippen molar-refractivity contribution in [3.8, 4) is 0 Å². The van der Waals surface area contributed by atoms with Crippen LogP contribution in [0.15, 0.2) is 30.3 Å². The second-order valence-electron chi connectivity index (χ2n) is 4.75. The first-order valence-corrected chi connectivity index (χ1v) is 6.33. The zero-order chi connectivity index (χ0) is 12.3. The van der Waals surface area contributed by atoms with Gasteiger partial charge in [-0.2, -0.15) is 0 Å².